The van der Waals surface area contributed by atoms with Crippen LogP contribution < -0.4 is 5.56 Å². The van der Waals surface area contributed by atoms with Gasteiger partial charge in [0.2, 0.25) is 11.8 Å². The van der Waals surface area contributed by atoms with Crippen LogP contribution >= 0.6 is 11.8 Å². The third-order valence-corrected chi connectivity index (χ3v) is 4.85. The molecule has 0 N–H and O–H groups in total. The van der Waals surface area contributed by atoms with Gasteiger partial charge in [0.15, 0.2) is 5.16 Å². The second-order valence-corrected chi connectivity index (χ2v) is 6.83. The van der Waals surface area contributed by atoms with Crippen LogP contribution in [-0.4, -0.2) is 19.7 Å². The first-order valence-electron chi connectivity index (χ1n) is 8.12. The van der Waals surface area contributed by atoms with Gasteiger partial charge in [0.05, 0.1) is 22.3 Å². The van der Waals surface area contributed by atoms with Crippen molar-refractivity contribution in [1.82, 2.24) is 19.7 Å². The zero-order chi connectivity index (χ0) is 18.1. The maximum atomic E-state index is 13.1. The lowest BCUT2D eigenvalue weighted by atomic mass is 10.2. The van der Waals surface area contributed by atoms with Gasteiger partial charge < -0.3 is 4.42 Å². The van der Waals surface area contributed by atoms with E-state index in [4.69, 9.17) is 9.40 Å². The monoisotopic (exact) mass is 364 g/mol. The molecule has 0 saturated carbocycles. The van der Waals surface area contributed by atoms with Gasteiger partial charge in [-0.3, -0.25) is 9.36 Å². The van der Waals surface area contributed by atoms with Crippen LogP contribution in [0.3, 0.4) is 0 Å². The van der Waals surface area contributed by atoms with Gasteiger partial charge in [0.1, 0.15) is 0 Å². The zero-order valence-electron chi connectivity index (χ0n) is 14.3. The van der Waals surface area contributed by atoms with Crippen LogP contribution in [0.1, 0.15) is 17.3 Å². The summed E-state index contributed by atoms with van der Waals surface area (Å²) in [7, 11) is 0. The summed E-state index contributed by atoms with van der Waals surface area (Å²) in [6, 6.07) is 15.2. The van der Waals surface area contributed by atoms with E-state index in [0.29, 0.717) is 33.6 Å². The summed E-state index contributed by atoms with van der Waals surface area (Å²) in [6.07, 6.45) is 0. The summed E-state index contributed by atoms with van der Waals surface area (Å²) in [5.41, 5.74) is 2.49. The maximum absolute atomic E-state index is 13.1. The minimum atomic E-state index is -0.0938. The Kier molecular flexibility index (Phi) is 4.30. The number of hydrogen-bond donors (Lipinski definition) is 0. The van der Waals surface area contributed by atoms with Gasteiger partial charge in [-0.2, -0.15) is 0 Å². The van der Waals surface area contributed by atoms with E-state index in [1.54, 1.807) is 17.6 Å². The Morgan fingerprint density at radius 1 is 1.04 bits per heavy atom. The number of hydrogen-bond acceptors (Lipinski definition) is 6. The van der Waals surface area contributed by atoms with Gasteiger partial charge >= 0.3 is 0 Å². The number of para-hydroxylation sites is 1. The highest BCUT2D eigenvalue weighted by Gasteiger charge is 2.14. The van der Waals surface area contributed by atoms with Crippen molar-refractivity contribution in [3.63, 3.8) is 0 Å². The molecule has 26 heavy (non-hydrogen) atoms. The summed E-state index contributed by atoms with van der Waals surface area (Å²) in [4.78, 5) is 17.8. The first kappa shape index (κ1) is 16.5. The van der Waals surface area contributed by atoms with Gasteiger partial charge in [0, 0.05) is 6.92 Å². The van der Waals surface area contributed by atoms with E-state index in [9.17, 15) is 4.79 Å². The second kappa shape index (κ2) is 6.76. The van der Waals surface area contributed by atoms with Crippen LogP contribution in [-0.2, 0) is 5.75 Å². The van der Waals surface area contributed by atoms with E-state index >= 15 is 0 Å². The van der Waals surface area contributed by atoms with E-state index in [1.165, 1.54) is 11.8 Å². The molecule has 130 valence electrons. The molecule has 4 aromatic rings. The lowest BCUT2D eigenvalue weighted by Gasteiger charge is -2.13. The summed E-state index contributed by atoms with van der Waals surface area (Å²) in [6.45, 7) is 3.76. The van der Waals surface area contributed by atoms with E-state index in [2.05, 4.69) is 10.2 Å². The molecule has 0 fully saturated rings. The van der Waals surface area contributed by atoms with E-state index in [1.807, 2.05) is 49.4 Å². The molecule has 0 atom stereocenters. The molecular formula is C19H16N4O2S. The molecule has 6 nitrogen and oxygen atoms in total. The van der Waals surface area contributed by atoms with E-state index in [0.717, 1.165) is 11.3 Å². The van der Waals surface area contributed by atoms with Crippen LogP contribution in [0.5, 0.6) is 0 Å². The first-order chi connectivity index (χ1) is 12.6. The number of benzene rings is 2. The lowest BCUT2D eigenvalue weighted by Crippen LogP contribution is -2.21. The average molecular weight is 364 g/mol. The molecule has 0 aliphatic rings. The molecular weight excluding hydrogens is 348 g/mol. The molecule has 0 aliphatic carbocycles. The highest BCUT2D eigenvalue weighted by Crippen LogP contribution is 2.24. The van der Waals surface area contributed by atoms with E-state index in [-0.39, 0.29) is 5.56 Å². The van der Waals surface area contributed by atoms with Crippen molar-refractivity contribution < 1.29 is 4.42 Å². The van der Waals surface area contributed by atoms with E-state index < -0.39 is 0 Å². The third kappa shape index (κ3) is 3.13. The van der Waals surface area contributed by atoms with Crippen molar-refractivity contribution in [2.24, 2.45) is 0 Å². The number of nitrogens with zero attached hydrogens (tertiary/aromatic N) is 4. The zero-order valence-corrected chi connectivity index (χ0v) is 15.2. The van der Waals surface area contributed by atoms with Crippen LogP contribution in [0.15, 0.2) is 62.9 Å². The fraction of sp³-hybridized carbons (Fsp3) is 0.158. The normalized spacial score (nSPS) is 11.2. The molecule has 0 radical (unpaired) electrons. The minimum Gasteiger partial charge on any atom is -0.425 e. The molecule has 2 aromatic carbocycles. The Balaban J connectivity index is 1.84. The smallest absolute Gasteiger partial charge is 0.266 e. The highest BCUT2D eigenvalue weighted by molar-refractivity contribution is 7.98. The Morgan fingerprint density at radius 2 is 1.81 bits per heavy atom. The van der Waals surface area contributed by atoms with Crippen LogP contribution in [0.4, 0.5) is 0 Å². The molecule has 4 rings (SSSR count). The first-order valence-corrected chi connectivity index (χ1v) is 9.11. The van der Waals surface area contributed by atoms with Gasteiger partial charge in [0.25, 0.3) is 5.56 Å². The van der Waals surface area contributed by atoms with Crippen molar-refractivity contribution in [3.8, 4) is 5.69 Å². The molecule has 2 heterocycles. The number of aromatic nitrogens is 4. The molecule has 7 heteroatoms. The topological polar surface area (TPSA) is 73.8 Å². The SMILES string of the molecule is Cc1ccc(-n2c(SCc3nnc(C)o3)nc3ccccc3c2=O)cc1. The fourth-order valence-corrected chi connectivity index (χ4v) is 3.50. The number of thioether (sulfide) groups is 1. The number of fused-ring (bicyclic) bond motifs is 1. The Bertz CT molecular complexity index is 1130. The van der Waals surface area contributed by atoms with Gasteiger partial charge in [-0.05, 0) is 31.2 Å². The largest absolute Gasteiger partial charge is 0.425 e. The summed E-state index contributed by atoms with van der Waals surface area (Å²) < 4.78 is 7.06. The van der Waals surface area contributed by atoms with Crippen molar-refractivity contribution in [3.05, 3.63) is 76.2 Å². The number of aryl methyl sites for hydroxylation is 2. The van der Waals surface area contributed by atoms with Crippen LogP contribution in [0.2, 0.25) is 0 Å². The summed E-state index contributed by atoms with van der Waals surface area (Å²) >= 11 is 1.40. The maximum Gasteiger partial charge on any atom is 0.266 e. The predicted molar refractivity (Wildman–Crippen MR) is 101 cm³/mol. The predicted octanol–water partition coefficient (Wildman–Crippen LogP) is 3.68. The lowest BCUT2D eigenvalue weighted by molar-refractivity contribution is 0.485. The average Bonchev–Trinajstić information content (AvgIpc) is 3.07. The second-order valence-electron chi connectivity index (χ2n) is 5.89. The molecule has 0 amide bonds. The Labute approximate surface area is 153 Å². The highest BCUT2D eigenvalue weighted by atomic mass is 32.2. The van der Waals surface area contributed by atoms with Crippen molar-refractivity contribution in [1.29, 1.82) is 0 Å². The molecule has 0 spiro atoms. The molecule has 0 bridgehead atoms. The van der Waals surface area contributed by atoms with Crippen LogP contribution in [0, 0.1) is 13.8 Å². The Morgan fingerprint density at radius 3 is 2.54 bits per heavy atom. The standard InChI is InChI=1S/C19H16N4O2S/c1-12-7-9-14(10-8-12)23-18(24)15-5-3-4-6-16(15)20-19(23)26-11-17-22-21-13(2)25-17/h3-10H,11H2,1-2H3. The van der Waals surface area contributed by atoms with Gasteiger partial charge in [-0.15, -0.1) is 10.2 Å². The Hall–Kier alpha value is -2.93. The van der Waals surface area contributed by atoms with Gasteiger partial charge in [-0.1, -0.05) is 41.6 Å². The molecule has 2 aromatic heterocycles. The molecule has 0 aliphatic heterocycles. The van der Waals surface area contributed by atoms with Crippen molar-refractivity contribution in [2.75, 3.05) is 0 Å². The third-order valence-electron chi connectivity index (χ3n) is 3.93. The van der Waals surface area contributed by atoms with Crippen LogP contribution in [0.25, 0.3) is 16.6 Å². The van der Waals surface area contributed by atoms with Crippen molar-refractivity contribution in [2.45, 2.75) is 24.8 Å². The van der Waals surface area contributed by atoms with Gasteiger partial charge in [-0.25, -0.2) is 4.98 Å². The number of rotatable bonds is 4. The molecule has 0 unspecified atom stereocenters. The fourth-order valence-electron chi connectivity index (χ4n) is 2.65. The van der Waals surface area contributed by atoms with Crippen molar-refractivity contribution >= 4 is 22.7 Å². The quantitative estimate of drug-likeness (QED) is 0.406. The summed E-state index contributed by atoms with van der Waals surface area (Å²) in [5, 5.41) is 9.02. The molecule has 0 saturated heterocycles. The minimum absolute atomic E-state index is 0.0938. The summed E-state index contributed by atoms with van der Waals surface area (Å²) in [5.74, 6) is 1.46.